The second-order valence-corrected chi connectivity index (χ2v) is 6.94. The maximum absolute atomic E-state index is 12.2. The molecule has 0 aromatic carbocycles. The summed E-state index contributed by atoms with van der Waals surface area (Å²) in [5.41, 5.74) is 0. The van der Waals surface area contributed by atoms with Crippen LogP contribution in [0.15, 0.2) is 0 Å². The lowest BCUT2D eigenvalue weighted by Crippen LogP contribution is -2.51. The van der Waals surface area contributed by atoms with Crippen LogP contribution in [0.5, 0.6) is 0 Å². The van der Waals surface area contributed by atoms with E-state index in [9.17, 15) is 9.59 Å². The van der Waals surface area contributed by atoms with E-state index in [1.54, 1.807) is 4.90 Å². The van der Waals surface area contributed by atoms with Gasteiger partial charge in [-0.3, -0.25) is 9.69 Å². The maximum atomic E-state index is 12.2. The zero-order valence-corrected chi connectivity index (χ0v) is 14.5. The Kier molecular flexibility index (Phi) is 7.13. The van der Waals surface area contributed by atoms with Gasteiger partial charge in [-0.15, -0.1) is 0 Å². The molecule has 128 valence electrons. The number of amides is 2. The monoisotopic (exact) mass is 313 g/mol. The van der Waals surface area contributed by atoms with Crippen molar-refractivity contribution < 1.29 is 14.7 Å². The summed E-state index contributed by atoms with van der Waals surface area (Å²) in [6.07, 6.45) is 0.646. The van der Waals surface area contributed by atoms with Crippen LogP contribution >= 0.6 is 0 Å². The van der Waals surface area contributed by atoms with Crippen LogP contribution in [0, 0.1) is 11.8 Å². The number of hydrogen-bond acceptors (Lipinski definition) is 3. The molecule has 0 radical (unpaired) electrons. The largest absolute Gasteiger partial charge is 0.481 e. The number of carboxylic acids is 1. The number of carbonyl (C=O) groups excluding carboxylic acids is 1. The molecule has 0 spiro atoms. The van der Waals surface area contributed by atoms with Crippen LogP contribution in [0.4, 0.5) is 4.79 Å². The lowest BCUT2D eigenvalue weighted by molar-refractivity contribution is -0.143. The Morgan fingerprint density at radius 1 is 1.23 bits per heavy atom. The highest BCUT2D eigenvalue weighted by molar-refractivity contribution is 5.76. The Bertz CT molecular complexity index is 377. The standard InChI is InChI=1S/C16H31N3O3/c1-11(2)19(12(3)4)7-6-17-16(22)18-9-13(5)8-14(10-18)15(20)21/h11-14H,6-10H2,1-5H3,(H,17,22)(H,20,21). The van der Waals surface area contributed by atoms with E-state index in [1.807, 2.05) is 6.92 Å². The minimum atomic E-state index is -0.810. The zero-order chi connectivity index (χ0) is 16.9. The average molecular weight is 313 g/mol. The van der Waals surface area contributed by atoms with Gasteiger partial charge in [0.15, 0.2) is 0 Å². The quantitative estimate of drug-likeness (QED) is 0.785. The van der Waals surface area contributed by atoms with Gasteiger partial charge in [0, 0.05) is 38.3 Å². The summed E-state index contributed by atoms with van der Waals surface area (Å²) in [6, 6.07) is 0.719. The lowest BCUT2D eigenvalue weighted by Gasteiger charge is -2.35. The Morgan fingerprint density at radius 3 is 2.32 bits per heavy atom. The molecule has 0 aliphatic carbocycles. The Balaban J connectivity index is 2.46. The first kappa shape index (κ1) is 18.7. The zero-order valence-electron chi connectivity index (χ0n) is 14.5. The van der Waals surface area contributed by atoms with Crippen molar-refractivity contribution in [3.05, 3.63) is 0 Å². The minimum Gasteiger partial charge on any atom is -0.481 e. The molecule has 2 atom stereocenters. The van der Waals surface area contributed by atoms with Crippen molar-refractivity contribution in [1.29, 1.82) is 0 Å². The topological polar surface area (TPSA) is 72.9 Å². The summed E-state index contributed by atoms with van der Waals surface area (Å²) >= 11 is 0. The molecule has 1 saturated heterocycles. The van der Waals surface area contributed by atoms with Crippen molar-refractivity contribution in [1.82, 2.24) is 15.1 Å². The minimum absolute atomic E-state index is 0.148. The van der Waals surface area contributed by atoms with Gasteiger partial charge < -0.3 is 15.3 Å². The summed E-state index contributed by atoms with van der Waals surface area (Å²) in [7, 11) is 0. The van der Waals surface area contributed by atoms with Gasteiger partial charge in [0.1, 0.15) is 0 Å². The maximum Gasteiger partial charge on any atom is 0.317 e. The van der Waals surface area contributed by atoms with Gasteiger partial charge in [0.2, 0.25) is 0 Å². The number of likely N-dealkylation sites (tertiary alicyclic amines) is 1. The highest BCUT2D eigenvalue weighted by atomic mass is 16.4. The molecule has 0 aromatic rings. The molecular formula is C16H31N3O3. The second-order valence-electron chi connectivity index (χ2n) is 6.94. The molecule has 1 heterocycles. The lowest BCUT2D eigenvalue weighted by atomic mass is 9.91. The van der Waals surface area contributed by atoms with Crippen LogP contribution in [0.1, 0.15) is 41.0 Å². The molecule has 0 saturated carbocycles. The molecule has 1 aliphatic rings. The van der Waals surface area contributed by atoms with Gasteiger partial charge >= 0.3 is 12.0 Å². The third-order valence-corrected chi connectivity index (χ3v) is 4.27. The van der Waals surface area contributed by atoms with Crippen LogP contribution in [0.2, 0.25) is 0 Å². The second kappa shape index (κ2) is 8.36. The molecule has 0 bridgehead atoms. The van der Waals surface area contributed by atoms with E-state index in [4.69, 9.17) is 5.11 Å². The van der Waals surface area contributed by atoms with Gasteiger partial charge in [0.05, 0.1) is 5.92 Å². The predicted molar refractivity (Wildman–Crippen MR) is 86.9 cm³/mol. The average Bonchev–Trinajstić information content (AvgIpc) is 2.41. The van der Waals surface area contributed by atoms with Gasteiger partial charge in [-0.2, -0.15) is 0 Å². The third kappa shape index (κ3) is 5.48. The van der Waals surface area contributed by atoms with Crippen LogP contribution in [0.3, 0.4) is 0 Å². The first-order valence-corrected chi connectivity index (χ1v) is 8.23. The van der Waals surface area contributed by atoms with Crippen LogP contribution < -0.4 is 5.32 Å². The smallest absolute Gasteiger partial charge is 0.317 e. The Morgan fingerprint density at radius 2 is 1.82 bits per heavy atom. The molecule has 6 nitrogen and oxygen atoms in total. The molecule has 0 aromatic heterocycles. The van der Waals surface area contributed by atoms with Crippen LogP contribution in [-0.2, 0) is 4.79 Å². The van der Waals surface area contributed by atoms with E-state index in [2.05, 4.69) is 37.9 Å². The molecule has 2 N–H and O–H groups in total. The molecule has 2 amide bonds. The van der Waals surface area contributed by atoms with Gasteiger partial charge in [-0.1, -0.05) is 6.92 Å². The molecule has 6 heteroatoms. The first-order valence-electron chi connectivity index (χ1n) is 8.23. The fourth-order valence-corrected chi connectivity index (χ4v) is 3.21. The van der Waals surface area contributed by atoms with Gasteiger partial charge in [-0.25, -0.2) is 4.79 Å². The summed E-state index contributed by atoms with van der Waals surface area (Å²) in [5.74, 6) is -1.03. The van der Waals surface area contributed by atoms with E-state index in [0.29, 0.717) is 38.1 Å². The van der Waals surface area contributed by atoms with Gasteiger partial charge in [-0.05, 0) is 40.0 Å². The third-order valence-electron chi connectivity index (χ3n) is 4.27. The molecule has 1 aliphatic heterocycles. The summed E-state index contributed by atoms with van der Waals surface area (Å²) in [6.45, 7) is 12.9. The fraction of sp³-hybridized carbons (Fsp3) is 0.875. The number of carboxylic acid groups (broad SMARTS) is 1. The molecule has 22 heavy (non-hydrogen) atoms. The van der Waals surface area contributed by atoms with Gasteiger partial charge in [0.25, 0.3) is 0 Å². The van der Waals surface area contributed by atoms with E-state index in [-0.39, 0.29) is 11.9 Å². The number of nitrogens with one attached hydrogen (secondary N) is 1. The van der Waals surface area contributed by atoms with Crippen molar-refractivity contribution in [2.45, 2.75) is 53.1 Å². The SMILES string of the molecule is CC1CC(C(=O)O)CN(C(=O)NCCN(C(C)C)C(C)C)C1. The summed E-state index contributed by atoms with van der Waals surface area (Å²) in [4.78, 5) is 27.4. The number of piperidine rings is 1. The Hall–Kier alpha value is -1.30. The van der Waals surface area contributed by atoms with Crippen LogP contribution in [-0.4, -0.2) is 65.2 Å². The number of carbonyl (C=O) groups is 2. The van der Waals surface area contributed by atoms with E-state index < -0.39 is 11.9 Å². The van der Waals surface area contributed by atoms with Crippen molar-refractivity contribution >= 4 is 12.0 Å². The van der Waals surface area contributed by atoms with Crippen molar-refractivity contribution in [3.8, 4) is 0 Å². The van der Waals surface area contributed by atoms with E-state index in [1.165, 1.54) is 0 Å². The molecule has 1 rings (SSSR count). The van der Waals surface area contributed by atoms with Crippen molar-refractivity contribution in [2.24, 2.45) is 11.8 Å². The molecule has 1 fully saturated rings. The van der Waals surface area contributed by atoms with Crippen molar-refractivity contribution in [3.63, 3.8) is 0 Å². The Labute approximate surface area is 133 Å². The highest BCUT2D eigenvalue weighted by Crippen LogP contribution is 2.21. The van der Waals surface area contributed by atoms with Crippen molar-refractivity contribution in [2.75, 3.05) is 26.2 Å². The normalized spacial score (nSPS) is 22.5. The number of hydrogen-bond donors (Lipinski definition) is 2. The van der Waals surface area contributed by atoms with E-state index >= 15 is 0 Å². The first-order chi connectivity index (χ1) is 10.2. The molecule has 2 unspecified atom stereocenters. The predicted octanol–water partition coefficient (Wildman–Crippen LogP) is 1.86. The highest BCUT2D eigenvalue weighted by Gasteiger charge is 2.31. The number of nitrogens with zero attached hydrogens (tertiary/aromatic N) is 2. The molecular weight excluding hydrogens is 282 g/mol. The number of rotatable bonds is 6. The number of urea groups is 1. The fourth-order valence-electron chi connectivity index (χ4n) is 3.21. The summed E-state index contributed by atoms with van der Waals surface area (Å²) in [5, 5.41) is 12.1. The van der Waals surface area contributed by atoms with E-state index in [0.717, 1.165) is 6.54 Å². The number of aliphatic carboxylic acids is 1. The van der Waals surface area contributed by atoms with Crippen LogP contribution in [0.25, 0.3) is 0 Å². The summed E-state index contributed by atoms with van der Waals surface area (Å²) < 4.78 is 0.